The van der Waals surface area contributed by atoms with Crippen LogP contribution in [0.1, 0.15) is 66.2 Å². The van der Waals surface area contributed by atoms with Crippen LogP contribution < -0.4 is 5.32 Å². The Bertz CT molecular complexity index is 181. The zero-order valence-corrected chi connectivity index (χ0v) is 17.7. The van der Waals surface area contributed by atoms with Gasteiger partial charge in [-0.25, -0.2) is 0 Å². The van der Waals surface area contributed by atoms with Gasteiger partial charge >= 0.3 is 0 Å². The second-order valence-electron chi connectivity index (χ2n) is 5.93. The molecule has 116 valence electrons. The Labute approximate surface area is 134 Å². The van der Waals surface area contributed by atoms with Gasteiger partial charge in [0.1, 0.15) is 17.7 Å². The lowest BCUT2D eigenvalue weighted by molar-refractivity contribution is 0.429. The summed E-state index contributed by atoms with van der Waals surface area (Å²) in [4.78, 5) is 0. The molecule has 0 rings (SSSR count). The fourth-order valence-electron chi connectivity index (χ4n) is 2.55. The molecule has 0 amide bonds. The lowest BCUT2D eigenvalue weighted by Crippen LogP contribution is -2.28. The van der Waals surface area contributed by atoms with E-state index in [2.05, 4.69) is 33.0 Å². The maximum atomic E-state index is 6.28. The molecule has 0 saturated carbocycles. The minimum atomic E-state index is -0.436. The Morgan fingerprint density at radius 3 is 1.26 bits per heavy atom. The monoisotopic (exact) mass is 341 g/mol. The van der Waals surface area contributed by atoms with Crippen LogP contribution in [0.15, 0.2) is 0 Å². The number of rotatable bonds is 12. The molecular formula is C14H33Cl2NSi2. The topological polar surface area (TPSA) is 12.0 Å². The predicted octanol–water partition coefficient (Wildman–Crippen LogP) is 3.96. The third-order valence-corrected chi connectivity index (χ3v) is 12.5. The van der Waals surface area contributed by atoms with Gasteiger partial charge in [-0.3, -0.25) is 0 Å². The van der Waals surface area contributed by atoms with Crippen LogP contribution in [-0.2, 0) is 0 Å². The summed E-state index contributed by atoms with van der Waals surface area (Å²) >= 11 is 12.6. The van der Waals surface area contributed by atoms with Crippen molar-refractivity contribution in [3.63, 3.8) is 0 Å². The van der Waals surface area contributed by atoms with Crippen molar-refractivity contribution in [2.45, 2.75) is 76.3 Å². The van der Waals surface area contributed by atoms with Crippen molar-refractivity contribution in [1.82, 2.24) is 5.32 Å². The van der Waals surface area contributed by atoms with Crippen LogP contribution in [-0.4, -0.2) is 30.7 Å². The molecular weight excluding hydrogens is 309 g/mol. The van der Waals surface area contributed by atoms with E-state index < -0.39 is 17.7 Å². The van der Waals surface area contributed by atoms with Crippen LogP contribution in [0.4, 0.5) is 0 Å². The van der Waals surface area contributed by atoms with Crippen molar-refractivity contribution in [1.29, 1.82) is 0 Å². The number of halogens is 2. The summed E-state index contributed by atoms with van der Waals surface area (Å²) in [5.74, 6) is 0. The molecule has 0 heterocycles. The molecule has 0 atom stereocenters. The normalized spacial score (nSPS) is 14.2. The first kappa shape index (κ1) is 20.0. The van der Waals surface area contributed by atoms with Crippen molar-refractivity contribution in [2.24, 2.45) is 0 Å². The number of hydrogen-bond donors (Lipinski definition) is 1. The molecule has 0 radical (unpaired) electrons. The van der Waals surface area contributed by atoms with Crippen molar-refractivity contribution < 1.29 is 0 Å². The van der Waals surface area contributed by atoms with E-state index >= 15 is 0 Å². The first-order valence-electron chi connectivity index (χ1n) is 7.90. The van der Waals surface area contributed by atoms with E-state index in [4.69, 9.17) is 22.2 Å². The van der Waals surface area contributed by atoms with Gasteiger partial charge in [-0.05, 0) is 36.0 Å². The molecule has 0 fully saturated rings. The van der Waals surface area contributed by atoms with Crippen LogP contribution in [0.5, 0.6) is 0 Å². The molecule has 1 nitrogen and oxygen atoms in total. The van der Waals surface area contributed by atoms with Crippen molar-refractivity contribution in [2.75, 3.05) is 13.1 Å². The van der Waals surface area contributed by atoms with Crippen LogP contribution in [0.2, 0.25) is 10.1 Å². The highest BCUT2D eigenvalue weighted by Gasteiger charge is 2.26. The van der Waals surface area contributed by atoms with Gasteiger partial charge in [0, 0.05) is 0 Å². The van der Waals surface area contributed by atoms with E-state index in [0.29, 0.717) is 10.1 Å². The van der Waals surface area contributed by atoms with E-state index in [0.717, 1.165) is 13.1 Å². The zero-order valence-electron chi connectivity index (χ0n) is 13.3. The van der Waals surface area contributed by atoms with Crippen LogP contribution >= 0.6 is 22.2 Å². The third-order valence-electron chi connectivity index (χ3n) is 5.23. The minimum Gasteiger partial charge on any atom is -0.317 e. The molecule has 0 unspecified atom stereocenters. The largest absolute Gasteiger partial charge is 0.317 e. The Morgan fingerprint density at radius 1 is 0.737 bits per heavy atom. The highest BCUT2D eigenvalue weighted by atomic mass is 35.6. The summed E-state index contributed by atoms with van der Waals surface area (Å²) in [6.07, 6.45) is 7.46. The summed E-state index contributed by atoms with van der Waals surface area (Å²) in [6.45, 7) is 11.4. The predicted molar refractivity (Wildman–Crippen MR) is 97.4 cm³/mol. The van der Waals surface area contributed by atoms with Gasteiger partial charge in [-0.1, -0.05) is 53.4 Å². The quantitative estimate of drug-likeness (QED) is 0.322. The summed E-state index contributed by atoms with van der Waals surface area (Å²) in [6, 6.07) is 0. The van der Waals surface area contributed by atoms with Crippen molar-refractivity contribution in [3.8, 4) is 0 Å². The molecule has 0 aliphatic heterocycles. The summed E-state index contributed by atoms with van der Waals surface area (Å²) in [5.41, 5.74) is 0. The third kappa shape index (κ3) is 6.51. The lowest BCUT2D eigenvalue weighted by atomic mass is 9.96. The Kier molecular flexibility index (Phi) is 11.2. The molecule has 1 N–H and O–H groups in total. The summed E-state index contributed by atoms with van der Waals surface area (Å²) < 4.78 is 0. The maximum absolute atomic E-state index is 6.28. The molecule has 19 heavy (non-hydrogen) atoms. The van der Waals surface area contributed by atoms with E-state index in [1.54, 1.807) is 0 Å². The number of nitrogens with one attached hydrogen (secondary N) is 1. The summed E-state index contributed by atoms with van der Waals surface area (Å²) in [7, 11) is -0.871. The molecule has 0 aliphatic rings. The highest BCUT2D eigenvalue weighted by Crippen LogP contribution is 2.39. The van der Waals surface area contributed by atoms with Gasteiger partial charge in [0.15, 0.2) is 0 Å². The minimum absolute atomic E-state index is 0.436. The van der Waals surface area contributed by atoms with E-state index in [-0.39, 0.29) is 0 Å². The smallest absolute Gasteiger partial charge is 0.131 e. The van der Waals surface area contributed by atoms with Gasteiger partial charge in [0.05, 0.1) is 0 Å². The fraction of sp³-hybridized carbons (Fsp3) is 1.00. The van der Waals surface area contributed by atoms with Crippen molar-refractivity contribution in [3.05, 3.63) is 0 Å². The van der Waals surface area contributed by atoms with Gasteiger partial charge in [0.2, 0.25) is 0 Å². The van der Waals surface area contributed by atoms with Gasteiger partial charge < -0.3 is 5.32 Å². The average molecular weight is 343 g/mol. The molecule has 0 bridgehead atoms. The molecule has 0 saturated heterocycles. The average Bonchev–Trinajstić information content (AvgIpc) is 2.48. The Hall–Kier alpha value is 0.974. The van der Waals surface area contributed by atoms with E-state index in [1.807, 2.05) is 0 Å². The fourth-order valence-corrected chi connectivity index (χ4v) is 7.00. The van der Waals surface area contributed by atoms with Crippen LogP contribution in [0.3, 0.4) is 0 Å². The summed E-state index contributed by atoms with van der Waals surface area (Å²) in [5, 5.41) is 4.58. The first-order valence-corrected chi connectivity index (χ1v) is 13.6. The Morgan fingerprint density at radius 2 is 1.05 bits per heavy atom. The van der Waals surface area contributed by atoms with Gasteiger partial charge in [-0.15, -0.1) is 0 Å². The standard InChI is InChI=1S/C14H33Cl2NSi2/c1-5-13(6-2,18-15)9-11-17-12-10-14(7-3,8-4)19-16/h17H,5-12,18-19H2,1-4H3. The molecule has 0 aromatic rings. The second-order valence-corrected chi connectivity index (χ2v) is 11.1. The molecule has 0 aromatic carbocycles. The van der Waals surface area contributed by atoms with Gasteiger partial charge in [-0.2, -0.15) is 22.2 Å². The highest BCUT2D eigenvalue weighted by molar-refractivity contribution is 6.95. The van der Waals surface area contributed by atoms with E-state index in [9.17, 15) is 0 Å². The lowest BCUT2D eigenvalue weighted by Gasteiger charge is -2.31. The van der Waals surface area contributed by atoms with Crippen LogP contribution in [0, 0.1) is 0 Å². The molecule has 0 aromatic heterocycles. The van der Waals surface area contributed by atoms with E-state index in [1.165, 1.54) is 38.5 Å². The number of hydrogen-bond acceptors (Lipinski definition) is 1. The van der Waals surface area contributed by atoms with Gasteiger partial charge in [0.25, 0.3) is 0 Å². The SMILES string of the molecule is CCC(CC)(CCNCCC(CC)(CC)[SiH2]Cl)[SiH2]Cl. The Balaban J connectivity index is 3.98. The maximum Gasteiger partial charge on any atom is 0.131 e. The second kappa shape index (κ2) is 10.7. The molecule has 0 aliphatic carbocycles. The molecule has 0 spiro atoms. The zero-order chi connectivity index (χ0) is 14.8. The van der Waals surface area contributed by atoms with Crippen molar-refractivity contribution >= 4 is 39.8 Å². The van der Waals surface area contributed by atoms with Crippen LogP contribution in [0.25, 0.3) is 0 Å². The first-order chi connectivity index (χ1) is 9.07. The molecule has 5 heteroatoms.